The number of nitrogens with one attached hydrogen (secondary N) is 1. The van der Waals surface area contributed by atoms with Gasteiger partial charge in [0.05, 0.1) is 5.69 Å². The van der Waals surface area contributed by atoms with E-state index in [2.05, 4.69) is 67.3 Å². The highest BCUT2D eigenvalue weighted by molar-refractivity contribution is 5.31. The first kappa shape index (κ1) is 22.3. The average Bonchev–Trinajstić information content (AvgIpc) is 3.08. The molecule has 0 aliphatic rings. The van der Waals surface area contributed by atoms with E-state index in [0.717, 1.165) is 25.7 Å². The first-order valence-corrected chi connectivity index (χ1v) is 10.8. The molecule has 0 fully saturated rings. The summed E-state index contributed by atoms with van der Waals surface area (Å²) in [6, 6.07) is 0. The molecule has 0 atom stereocenters. The fourth-order valence-electron chi connectivity index (χ4n) is 3.70. The van der Waals surface area contributed by atoms with E-state index in [1.807, 2.05) is 0 Å². The van der Waals surface area contributed by atoms with E-state index in [1.165, 1.54) is 42.9 Å². The number of aromatic amines is 1. The molecule has 1 rings (SSSR count). The fraction of sp³-hybridized carbons (Fsp3) is 0.870. The van der Waals surface area contributed by atoms with Crippen molar-refractivity contribution in [1.29, 1.82) is 0 Å². The van der Waals surface area contributed by atoms with Crippen molar-refractivity contribution in [3.05, 3.63) is 17.2 Å². The number of unbranched alkanes of at least 4 members (excludes halogenated alkanes) is 2. The second-order valence-electron chi connectivity index (χ2n) is 9.19. The Balaban J connectivity index is 3.45. The van der Waals surface area contributed by atoms with Crippen molar-refractivity contribution in [3.63, 3.8) is 0 Å². The summed E-state index contributed by atoms with van der Waals surface area (Å²) in [4.78, 5) is 9.13. The second kappa shape index (κ2) is 8.73. The lowest BCUT2D eigenvalue weighted by molar-refractivity contribution is 0.389. The van der Waals surface area contributed by atoms with Gasteiger partial charge in [0.25, 0.3) is 0 Å². The van der Waals surface area contributed by atoms with E-state index in [4.69, 9.17) is 4.98 Å². The van der Waals surface area contributed by atoms with Crippen LogP contribution in [0.4, 0.5) is 0 Å². The molecule has 0 aliphatic heterocycles. The summed E-state index contributed by atoms with van der Waals surface area (Å²) >= 11 is 0. The van der Waals surface area contributed by atoms with Crippen molar-refractivity contribution in [2.45, 2.75) is 130 Å². The lowest BCUT2D eigenvalue weighted by Gasteiger charge is -2.31. The third-order valence-electron chi connectivity index (χ3n) is 7.05. The molecule has 25 heavy (non-hydrogen) atoms. The first-order valence-electron chi connectivity index (χ1n) is 10.8. The molecule has 1 N–H and O–H groups in total. The van der Waals surface area contributed by atoms with Crippen LogP contribution >= 0.6 is 0 Å². The van der Waals surface area contributed by atoms with E-state index < -0.39 is 0 Å². The van der Waals surface area contributed by atoms with Crippen LogP contribution in [0.15, 0.2) is 0 Å². The third-order valence-corrected chi connectivity index (χ3v) is 7.05. The normalized spacial score (nSPS) is 13.5. The molecule has 0 saturated heterocycles. The van der Waals surface area contributed by atoms with Gasteiger partial charge in [-0.1, -0.05) is 81.6 Å². The fourth-order valence-corrected chi connectivity index (χ4v) is 3.70. The van der Waals surface area contributed by atoms with Gasteiger partial charge in [-0.05, 0) is 32.1 Å². The van der Waals surface area contributed by atoms with Crippen LogP contribution in [-0.4, -0.2) is 9.97 Å². The molecule has 0 spiro atoms. The molecule has 0 aromatic carbocycles. The van der Waals surface area contributed by atoms with Crippen LogP contribution in [-0.2, 0) is 16.2 Å². The zero-order valence-corrected chi connectivity index (χ0v) is 18.6. The summed E-state index contributed by atoms with van der Waals surface area (Å²) in [5.41, 5.74) is 3.20. The zero-order valence-electron chi connectivity index (χ0n) is 18.6. The number of rotatable bonds is 11. The van der Waals surface area contributed by atoms with Gasteiger partial charge in [0.15, 0.2) is 0 Å². The van der Waals surface area contributed by atoms with Crippen LogP contribution in [0.1, 0.15) is 131 Å². The van der Waals surface area contributed by atoms with Gasteiger partial charge in [-0.25, -0.2) is 4.98 Å². The minimum Gasteiger partial charge on any atom is -0.345 e. The average molecular weight is 349 g/mol. The number of hydrogen-bond donors (Lipinski definition) is 1. The SMILES string of the molecule is CCCCCC(C)(C)c1[nH]c(C(C)(CC)CC)nc1C(C)(CC)CC. The number of nitrogens with zero attached hydrogens (tertiary/aromatic N) is 1. The van der Waals surface area contributed by atoms with Gasteiger partial charge in [-0.15, -0.1) is 0 Å². The number of H-pyrrole nitrogens is 1. The largest absolute Gasteiger partial charge is 0.345 e. The monoisotopic (exact) mass is 348 g/mol. The minimum absolute atomic E-state index is 0.148. The van der Waals surface area contributed by atoms with Gasteiger partial charge < -0.3 is 4.98 Å². The summed E-state index contributed by atoms with van der Waals surface area (Å²) in [5.74, 6) is 1.21. The Morgan fingerprint density at radius 1 is 0.760 bits per heavy atom. The molecule has 2 nitrogen and oxygen atoms in total. The highest BCUT2D eigenvalue weighted by Gasteiger charge is 2.37. The molecule has 1 heterocycles. The van der Waals surface area contributed by atoms with Gasteiger partial charge in [-0.2, -0.15) is 0 Å². The summed E-state index contributed by atoms with van der Waals surface area (Å²) in [6.45, 7) is 21.1. The second-order valence-corrected chi connectivity index (χ2v) is 9.19. The number of imidazole rings is 1. The van der Waals surface area contributed by atoms with Gasteiger partial charge in [0.2, 0.25) is 0 Å². The maximum atomic E-state index is 5.28. The Kier molecular flexibility index (Phi) is 7.77. The molecule has 0 amide bonds. The Morgan fingerprint density at radius 3 is 1.72 bits per heavy atom. The molecule has 0 bridgehead atoms. The van der Waals surface area contributed by atoms with E-state index in [0.29, 0.717) is 0 Å². The van der Waals surface area contributed by atoms with Crippen molar-refractivity contribution < 1.29 is 0 Å². The van der Waals surface area contributed by atoms with Crippen LogP contribution in [0.25, 0.3) is 0 Å². The molecule has 0 saturated carbocycles. The molecular formula is C23H44N2. The Morgan fingerprint density at radius 2 is 1.28 bits per heavy atom. The van der Waals surface area contributed by atoms with E-state index in [9.17, 15) is 0 Å². The highest BCUT2D eigenvalue weighted by atomic mass is 15.0. The molecule has 2 heteroatoms. The Bertz CT molecular complexity index is 516. The summed E-state index contributed by atoms with van der Waals surface area (Å²) in [6.07, 6.45) is 9.66. The van der Waals surface area contributed by atoms with Crippen molar-refractivity contribution in [2.75, 3.05) is 0 Å². The summed E-state index contributed by atoms with van der Waals surface area (Å²) in [7, 11) is 0. The predicted octanol–water partition coefficient (Wildman–Crippen LogP) is 7.42. The van der Waals surface area contributed by atoms with Crippen LogP contribution < -0.4 is 0 Å². The van der Waals surface area contributed by atoms with Gasteiger partial charge in [0, 0.05) is 21.9 Å². The number of aromatic nitrogens is 2. The zero-order chi connectivity index (χ0) is 19.3. The van der Waals surface area contributed by atoms with Crippen LogP contribution in [0, 0.1) is 0 Å². The van der Waals surface area contributed by atoms with Crippen molar-refractivity contribution >= 4 is 0 Å². The van der Waals surface area contributed by atoms with Gasteiger partial charge in [-0.3, -0.25) is 0 Å². The van der Waals surface area contributed by atoms with E-state index >= 15 is 0 Å². The summed E-state index contributed by atoms with van der Waals surface area (Å²) in [5, 5.41) is 0. The molecule has 0 radical (unpaired) electrons. The van der Waals surface area contributed by atoms with E-state index in [1.54, 1.807) is 0 Å². The van der Waals surface area contributed by atoms with Crippen LogP contribution in [0.5, 0.6) is 0 Å². The Labute approximate surface area is 157 Å². The molecule has 1 aromatic rings. The van der Waals surface area contributed by atoms with E-state index in [-0.39, 0.29) is 16.2 Å². The predicted molar refractivity (Wildman–Crippen MR) is 112 cm³/mol. The highest BCUT2D eigenvalue weighted by Crippen LogP contribution is 2.41. The topological polar surface area (TPSA) is 28.7 Å². The van der Waals surface area contributed by atoms with Crippen molar-refractivity contribution in [1.82, 2.24) is 9.97 Å². The minimum atomic E-state index is 0.148. The molecule has 0 aliphatic carbocycles. The molecule has 0 unspecified atom stereocenters. The lowest BCUT2D eigenvalue weighted by Crippen LogP contribution is -2.28. The van der Waals surface area contributed by atoms with Crippen molar-refractivity contribution in [3.8, 4) is 0 Å². The van der Waals surface area contributed by atoms with Gasteiger partial charge in [0.1, 0.15) is 5.82 Å². The Hall–Kier alpha value is -0.790. The smallest absolute Gasteiger partial charge is 0.112 e. The quantitative estimate of drug-likeness (QED) is 0.414. The standard InChI is InChI=1S/C23H44N2/c1-10-15-16-17-21(6,7)18-19(22(8,11-2)12-3)25-20(24-18)23(9,13-4)14-5/h10-17H2,1-9H3,(H,24,25). The maximum absolute atomic E-state index is 5.28. The lowest BCUT2D eigenvalue weighted by atomic mass is 9.74. The van der Waals surface area contributed by atoms with Crippen LogP contribution in [0.3, 0.4) is 0 Å². The maximum Gasteiger partial charge on any atom is 0.112 e. The molecule has 146 valence electrons. The first-order chi connectivity index (χ1) is 11.6. The summed E-state index contributed by atoms with van der Waals surface area (Å²) < 4.78 is 0. The van der Waals surface area contributed by atoms with Crippen LogP contribution in [0.2, 0.25) is 0 Å². The molecular weight excluding hydrogens is 304 g/mol. The molecule has 1 aromatic heterocycles. The van der Waals surface area contributed by atoms with Crippen molar-refractivity contribution in [2.24, 2.45) is 0 Å². The number of hydrogen-bond acceptors (Lipinski definition) is 1. The van der Waals surface area contributed by atoms with Gasteiger partial charge >= 0.3 is 0 Å². The third kappa shape index (κ3) is 4.68.